The minimum Gasteiger partial charge on any atom is -0.466 e. The van der Waals surface area contributed by atoms with E-state index in [0.29, 0.717) is 51.7 Å². The average Bonchev–Trinajstić information content (AvgIpc) is 3.36. The lowest BCUT2D eigenvalue weighted by molar-refractivity contribution is -0.145. The highest BCUT2D eigenvalue weighted by Gasteiger charge is 2.29. The van der Waals surface area contributed by atoms with Crippen molar-refractivity contribution in [2.24, 2.45) is 5.11 Å². The molecule has 0 aliphatic heterocycles. The number of azide groups is 1. The predicted octanol–water partition coefficient (Wildman–Crippen LogP) is 7.59. The molecule has 10 nitrogen and oxygen atoms in total. The van der Waals surface area contributed by atoms with E-state index in [-0.39, 0.29) is 42.9 Å². The molecule has 0 saturated carbocycles. The molecule has 0 spiro atoms. The van der Waals surface area contributed by atoms with Gasteiger partial charge in [0.05, 0.1) is 19.1 Å². The molecule has 1 atom stereocenters. The second-order valence-electron chi connectivity index (χ2n) is 11.1. The Morgan fingerprint density at radius 2 is 1.50 bits per heavy atom. The first-order valence-corrected chi connectivity index (χ1v) is 15.8. The monoisotopic (exact) mass is 604 g/mol. The number of carbonyl (C=O) groups excluding carboxylic acids is 4. The molecule has 0 fully saturated rings. The molecule has 236 valence electrons. The number of ether oxygens (including phenoxy) is 2. The van der Waals surface area contributed by atoms with Crippen molar-refractivity contribution < 1.29 is 28.7 Å². The molecule has 0 aromatic heterocycles. The number of ketones is 2. The molecule has 0 bridgehead atoms. The van der Waals surface area contributed by atoms with E-state index in [2.05, 4.69) is 39.6 Å². The van der Waals surface area contributed by atoms with E-state index < -0.39 is 12.1 Å². The van der Waals surface area contributed by atoms with E-state index in [4.69, 9.17) is 15.0 Å². The van der Waals surface area contributed by atoms with Crippen LogP contribution in [0.3, 0.4) is 0 Å². The van der Waals surface area contributed by atoms with Crippen LogP contribution in [0.2, 0.25) is 0 Å². The van der Waals surface area contributed by atoms with Gasteiger partial charge in [0.2, 0.25) is 0 Å². The molecule has 0 heterocycles. The fraction of sp³-hybridized carbons (Fsp3) is 0.529. The maximum Gasteiger partial charge on any atom is 0.407 e. The second-order valence-corrected chi connectivity index (χ2v) is 11.1. The SMILES string of the molecule is CCC(=O)CCC(=O)OCCCCCCCC(=O)C(CCCCN=[N+]=[N-])NC(=O)OCC1c2ccccc2-c2ccccc21. The smallest absolute Gasteiger partial charge is 0.407 e. The number of alkyl carbamates (subject to hydrolysis) is 1. The lowest BCUT2D eigenvalue weighted by Crippen LogP contribution is -2.41. The number of nitrogens with zero attached hydrogens (tertiary/aromatic N) is 3. The van der Waals surface area contributed by atoms with Crippen molar-refractivity contribution in [3.05, 3.63) is 70.1 Å². The lowest BCUT2D eigenvalue weighted by atomic mass is 9.98. The van der Waals surface area contributed by atoms with Crippen LogP contribution in [-0.4, -0.2) is 49.4 Å². The summed E-state index contributed by atoms with van der Waals surface area (Å²) in [6.45, 7) is 2.62. The van der Waals surface area contributed by atoms with Crippen LogP contribution in [0.15, 0.2) is 53.6 Å². The third-order valence-corrected chi connectivity index (χ3v) is 7.92. The van der Waals surface area contributed by atoms with Crippen LogP contribution < -0.4 is 5.32 Å². The number of rotatable bonds is 21. The normalized spacial score (nSPS) is 12.4. The zero-order valence-corrected chi connectivity index (χ0v) is 25.7. The highest BCUT2D eigenvalue weighted by atomic mass is 16.5. The Hall–Kier alpha value is -4.17. The van der Waals surface area contributed by atoms with Gasteiger partial charge in [0.25, 0.3) is 0 Å². The summed E-state index contributed by atoms with van der Waals surface area (Å²) in [6, 6.07) is 15.6. The summed E-state index contributed by atoms with van der Waals surface area (Å²) < 4.78 is 10.8. The predicted molar refractivity (Wildman–Crippen MR) is 168 cm³/mol. The third kappa shape index (κ3) is 11.2. The van der Waals surface area contributed by atoms with E-state index in [1.54, 1.807) is 6.92 Å². The Morgan fingerprint density at radius 1 is 0.841 bits per heavy atom. The van der Waals surface area contributed by atoms with Crippen molar-refractivity contribution in [1.29, 1.82) is 0 Å². The summed E-state index contributed by atoms with van der Waals surface area (Å²) in [5, 5.41) is 6.34. The first-order valence-electron chi connectivity index (χ1n) is 15.8. The number of Topliss-reactive ketones (excluding diaryl/α,β-unsaturated/α-hetero) is 2. The van der Waals surface area contributed by atoms with Gasteiger partial charge >= 0.3 is 12.1 Å². The number of benzene rings is 2. The number of fused-ring (bicyclic) bond motifs is 3. The molecule has 1 amide bonds. The first kappa shape index (κ1) is 34.3. The van der Waals surface area contributed by atoms with Crippen molar-refractivity contribution in [1.82, 2.24) is 5.32 Å². The van der Waals surface area contributed by atoms with Gasteiger partial charge < -0.3 is 14.8 Å². The van der Waals surface area contributed by atoms with Crippen LogP contribution in [0, 0.1) is 0 Å². The minimum absolute atomic E-state index is 0.0437. The summed E-state index contributed by atoms with van der Waals surface area (Å²) in [5.74, 6) is -0.398. The van der Waals surface area contributed by atoms with Crippen molar-refractivity contribution >= 4 is 23.6 Å². The Labute approximate surface area is 259 Å². The molecule has 44 heavy (non-hydrogen) atoms. The maximum absolute atomic E-state index is 13.1. The van der Waals surface area contributed by atoms with E-state index >= 15 is 0 Å². The van der Waals surface area contributed by atoms with Gasteiger partial charge in [-0.3, -0.25) is 14.4 Å². The van der Waals surface area contributed by atoms with Crippen LogP contribution >= 0.6 is 0 Å². The summed E-state index contributed by atoms with van der Waals surface area (Å²) >= 11 is 0. The van der Waals surface area contributed by atoms with Crippen LogP contribution in [0.4, 0.5) is 4.79 Å². The third-order valence-electron chi connectivity index (χ3n) is 7.92. The molecular formula is C34H44N4O6. The Bertz CT molecular complexity index is 1260. The molecular weight excluding hydrogens is 560 g/mol. The van der Waals surface area contributed by atoms with Crippen molar-refractivity contribution in [3.63, 3.8) is 0 Å². The largest absolute Gasteiger partial charge is 0.466 e. The Balaban J connectivity index is 1.41. The molecule has 1 unspecified atom stereocenters. The zero-order chi connectivity index (χ0) is 31.6. The molecule has 10 heteroatoms. The van der Waals surface area contributed by atoms with Crippen molar-refractivity contribution in [2.45, 2.75) is 95.9 Å². The topological polar surface area (TPSA) is 148 Å². The standard InChI is InChI=1S/C34H44N4O6/c1-2-25(39)20-21-33(41)43-23-13-5-3-4-6-19-32(40)31(18-11-12-22-36-38-35)37-34(42)44-24-30-28-16-9-7-14-26(28)27-15-8-10-17-29(27)30/h7-10,14-17,30-31H,2-6,11-13,18-24H2,1H3,(H,37,42). The number of unbranched alkanes of at least 4 members (excludes halogenated alkanes) is 5. The summed E-state index contributed by atoms with van der Waals surface area (Å²) in [4.78, 5) is 51.7. The average molecular weight is 605 g/mol. The van der Waals surface area contributed by atoms with Gasteiger partial charge in [0.1, 0.15) is 12.4 Å². The lowest BCUT2D eigenvalue weighted by Gasteiger charge is -2.19. The molecule has 2 aromatic carbocycles. The van der Waals surface area contributed by atoms with Crippen LogP contribution in [0.1, 0.15) is 101 Å². The van der Waals surface area contributed by atoms with E-state index in [1.807, 2.05) is 24.3 Å². The van der Waals surface area contributed by atoms with Crippen molar-refractivity contribution in [2.75, 3.05) is 19.8 Å². The Morgan fingerprint density at radius 3 is 2.18 bits per heavy atom. The van der Waals surface area contributed by atoms with Crippen LogP contribution in [-0.2, 0) is 23.9 Å². The molecule has 0 radical (unpaired) electrons. The van der Waals surface area contributed by atoms with Gasteiger partial charge in [-0.1, -0.05) is 86.3 Å². The Kier molecular flexibility index (Phi) is 15.0. The fourth-order valence-electron chi connectivity index (χ4n) is 5.45. The van der Waals surface area contributed by atoms with Gasteiger partial charge in [0, 0.05) is 36.6 Å². The molecule has 1 N–H and O–H groups in total. The van der Waals surface area contributed by atoms with E-state index in [9.17, 15) is 19.2 Å². The number of hydrogen-bond acceptors (Lipinski definition) is 7. The fourth-order valence-corrected chi connectivity index (χ4v) is 5.45. The maximum atomic E-state index is 13.1. The number of hydrogen-bond donors (Lipinski definition) is 1. The van der Waals surface area contributed by atoms with E-state index in [0.717, 1.165) is 47.9 Å². The van der Waals surface area contributed by atoms with Crippen LogP contribution in [0.5, 0.6) is 0 Å². The molecule has 1 aliphatic carbocycles. The van der Waals surface area contributed by atoms with Crippen LogP contribution in [0.25, 0.3) is 21.6 Å². The van der Waals surface area contributed by atoms with Gasteiger partial charge in [-0.25, -0.2) is 4.79 Å². The highest BCUT2D eigenvalue weighted by Crippen LogP contribution is 2.44. The summed E-state index contributed by atoms with van der Waals surface area (Å²) in [7, 11) is 0. The first-order chi connectivity index (χ1) is 21.4. The quantitative estimate of drug-likeness (QED) is 0.0510. The molecule has 2 aromatic rings. The molecule has 0 saturated heterocycles. The van der Waals surface area contributed by atoms with Gasteiger partial charge in [-0.05, 0) is 53.5 Å². The summed E-state index contributed by atoms with van der Waals surface area (Å²) in [6.07, 6.45) is 6.26. The van der Waals surface area contributed by atoms with Gasteiger partial charge in [-0.2, -0.15) is 0 Å². The number of nitrogens with one attached hydrogen (secondary N) is 1. The highest BCUT2D eigenvalue weighted by molar-refractivity contribution is 5.87. The molecule has 3 rings (SSSR count). The number of carbonyl (C=O) groups is 4. The zero-order valence-electron chi connectivity index (χ0n) is 25.7. The number of amides is 1. The van der Waals surface area contributed by atoms with Gasteiger partial charge in [-0.15, -0.1) is 0 Å². The van der Waals surface area contributed by atoms with Gasteiger partial charge in [0.15, 0.2) is 5.78 Å². The minimum atomic E-state index is -0.671. The second kappa shape index (κ2) is 19.2. The summed E-state index contributed by atoms with van der Waals surface area (Å²) in [5.41, 5.74) is 13.0. The molecule has 1 aliphatic rings. The van der Waals surface area contributed by atoms with Crippen molar-refractivity contribution in [3.8, 4) is 11.1 Å². The van der Waals surface area contributed by atoms with E-state index in [1.165, 1.54) is 0 Å². The number of esters is 1.